The molecule has 2 aliphatic rings. The molecule has 0 aromatic carbocycles. The Balaban J connectivity index is 0.000000606. The molecule has 2 atom stereocenters. The van der Waals surface area contributed by atoms with Gasteiger partial charge in [0.05, 0.1) is 12.1 Å². The van der Waals surface area contributed by atoms with E-state index < -0.39 is 0 Å². The average molecular weight is 228 g/mol. The van der Waals surface area contributed by atoms with Gasteiger partial charge >= 0.3 is 0 Å². The van der Waals surface area contributed by atoms with Gasteiger partial charge in [-0.25, -0.2) is 0 Å². The molecule has 2 saturated heterocycles. The zero-order valence-electron chi connectivity index (χ0n) is 10.9. The summed E-state index contributed by atoms with van der Waals surface area (Å²) in [4.78, 5) is 15.6. The molecule has 1 amide bonds. The van der Waals surface area contributed by atoms with Crippen molar-refractivity contribution in [1.29, 1.82) is 0 Å². The van der Waals surface area contributed by atoms with Gasteiger partial charge in [-0.3, -0.25) is 4.79 Å². The van der Waals surface area contributed by atoms with Crippen molar-refractivity contribution in [3.63, 3.8) is 0 Å². The highest BCUT2D eigenvalue weighted by Gasteiger charge is 2.36. The van der Waals surface area contributed by atoms with E-state index in [4.69, 9.17) is 4.74 Å². The molecule has 0 radical (unpaired) electrons. The number of nitrogens with zero attached hydrogens (tertiary/aromatic N) is 2. The fraction of sp³-hybridized carbons (Fsp3) is 0.917. The zero-order valence-corrected chi connectivity index (χ0v) is 10.9. The topological polar surface area (TPSA) is 32.8 Å². The first-order valence-corrected chi connectivity index (χ1v) is 6.24. The Bertz CT molecular complexity index is 233. The maximum absolute atomic E-state index is 11.5. The van der Waals surface area contributed by atoms with Gasteiger partial charge in [0.2, 0.25) is 5.91 Å². The van der Waals surface area contributed by atoms with Crippen LogP contribution in [0.1, 0.15) is 26.7 Å². The van der Waals surface area contributed by atoms with Crippen molar-refractivity contribution in [3.05, 3.63) is 0 Å². The molecular weight excluding hydrogens is 204 g/mol. The highest BCUT2D eigenvalue weighted by molar-refractivity contribution is 5.78. The second-order valence-corrected chi connectivity index (χ2v) is 4.33. The van der Waals surface area contributed by atoms with Gasteiger partial charge in [0, 0.05) is 13.6 Å². The van der Waals surface area contributed by atoms with Crippen molar-refractivity contribution >= 4 is 5.91 Å². The fourth-order valence-electron chi connectivity index (χ4n) is 2.31. The van der Waals surface area contributed by atoms with Crippen LogP contribution in [-0.4, -0.2) is 61.6 Å². The van der Waals surface area contributed by atoms with Gasteiger partial charge in [-0.15, -0.1) is 0 Å². The van der Waals surface area contributed by atoms with Crippen molar-refractivity contribution in [3.8, 4) is 0 Å². The van der Waals surface area contributed by atoms with Gasteiger partial charge < -0.3 is 14.5 Å². The molecular formula is C12H24N2O2. The maximum atomic E-state index is 11.5. The summed E-state index contributed by atoms with van der Waals surface area (Å²) in [6.07, 6.45) is 2.49. The summed E-state index contributed by atoms with van der Waals surface area (Å²) in [7, 11) is 4.00. The van der Waals surface area contributed by atoms with Crippen LogP contribution < -0.4 is 0 Å². The van der Waals surface area contributed by atoms with E-state index >= 15 is 0 Å². The number of ether oxygens (including phenoxy) is 1. The first-order valence-electron chi connectivity index (χ1n) is 6.24. The number of fused-ring (bicyclic) bond motifs is 1. The van der Waals surface area contributed by atoms with Crippen LogP contribution in [0.25, 0.3) is 0 Å². The van der Waals surface area contributed by atoms with E-state index in [1.807, 2.05) is 25.8 Å². The van der Waals surface area contributed by atoms with Gasteiger partial charge in [-0.1, -0.05) is 13.8 Å². The number of likely N-dealkylation sites (tertiary alicyclic amines) is 1. The minimum absolute atomic E-state index is 0.113. The first-order chi connectivity index (χ1) is 7.68. The third-order valence-electron chi connectivity index (χ3n) is 3.27. The number of carbonyl (C=O) groups is 1. The third-order valence-corrected chi connectivity index (χ3v) is 3.27. The molecule has 16 heavy (non-hydrogen) atoms. The average Bonchev–Trinajstić information content (AvgIpc) is 2.48. The Morgan fingerprint density at radius 2 is 2.00 bits per heavy atom. The Labute approximate surface area is 98.5 Å². The van der Waals surface area contributed by atoms with Gasteiger partial charge in [0.15, 0.2) is 0 Å². The summed E-state index contributed by atoms with van der Waals surface area (Å²) < 4.78 is 5.58. The van der Waals surface area contributed by atoms with Crippen LogP contribution in [-0.2, 0) is 9.53 Å². The van der Waals surface area contributed by atoms with E-state index in [2.05, 4.69) is 11.9 Å². The van der Waals surface area contributed by atoms with Crippen molar-refractivity contribution in [1.82, 2.24) is 9.80 Å². The Kier molecular flexibility index (Phi) is 5.22. The second kappa shape index (κ2) is 6.21. The predicted molar refractivity (Wildman–Crippen MR) is 64.4 cm³/mol. The first kappa shape index (κ1) is 13.5. The number of amides is 1. The largest absolute Gasteiger partial charge is 0.366 e. The lowest BCUT2D eigenvalue weighted by Gasteiger charge is -2.38. The Hall–Kier alpha value is -0.610. The van der Waals surface area contributed by atoms with Gasteiger partial charge in [-0.05, 0) is 26.4 Å². The highest BCUT2D eigenvalue weighted by Crippen LogP contribution is 2.21. The second-order valence-electron chi connectivity index (χ2n) is 4.33. The number of hydrogen-bond acceptors (Lipinski definition) is 3. The molecule has 0 spiro atoms. The summed E-state index contributed by atoms with van der Waals surface area (Å²) in [6, 6.07) is 0.253. The number of morpholine rings is 1. The summed E-state index contributed by atoms with van der Waals surface area (Å²) >= 11 is 0. The lowest BCUT2D eigenvalue weighted by Crippen LogP contribution is -2.55. The van der Waals surface area contributed by atoms with Crippen LogP contribution in [0, 0.1) is 0 Å². The normalized spacial score (nSPS) is 31.2. The van der Waals surface area contributed by atoms with Crippen molar-refractivity contribution in [2.45, 2.75) is 38.8 Å². The van der Waals surface area contributed by atoms with Crippen LogP contribution in [0.15, 0.2) is 0 Å². The summed E-state index contributed by atoms with van der Waals surface area (Å²) in [5.74, 6) is 0.113. The molecule has 0 aromatic heterocycles. The number of hydrogen-bond donors (Lipinski definition) is 0. The van der Waals surface area contributed by atoms with Crippen LogP contribution in [0.4, 0.5) is 0 Å². The molecule has 4 heteroatoms. The van der Waals surface area contributed by atoms with E-state index in [0.29, 0.717) is 0 Å². The smallest absolute Gasteiger partial charge is 0.248 e. The van der Waals surface area contributed by atoms with E-state index in [1.165, 1.54) is 6.42 Å². The molecule has 2 heterocycles. The van der Waals surface area contributed by atoms with Gasteiger partial charge in [-0.2, -0.15) is 0 Å². The molecule has 2 unspecified atom stereocenters. The molecule has 94 valence electrons. The lowest BCUT2D eigenvalue weighted by atomic mass is 10.0. The molecule has 0 aliphatic carbocycles. The van der Waals surface area contributed by atoms with Gasteiger partial charge in [0.25, 0.3) is 0 Å². The molecule has 0 aromatic rings. The third kappa shape index (κ3) is 2.95. The van der Waals surface area contributed by atoms with Crippen LogP contribution in [0.2, 0.25) is 0 Å². The van der Waals surface area contributed by atoms with Crippen molar-refractivity contribution in [2.75, 3.05) is 33.8 Å². The van der Waals surface area contributed by atoms with Crippen LogP contribution in [0.3, 0.4) is 0 Å². The van der Waals surface area contributed by atoms with Crippen LogP contribution >= 0.6 is 0 Å². The van der Waals surface area contributed by atoms with E-state index in [-0.39, 0.29) is 24.7 Å². The molecule has 0 saturated carbocycles. The van der Waals surface area contributed by atoms with Crippen molar-refractivity contribution < 1.29 is 9.53 Å². The lowest BCUT2D eigenvalue weighted by molar-refractivity contribution is -0.154. The SMILES string of the molecule is CC.CN1CCCC2OCC(=O)N(C)C2C1. The molecule has 2 fully saturated rings. The predicted octanol–water partition coefficient (Wildman–Crippen LogP) is 0.964. The number of rotatable bonds is 0. The Morgan fingerprint density at radius 1 is 1.31 bits per heavy atom. The standard InChI is InChI=1S/C10H18N2O2.C2H6/c1-11-5-3-4-9-8(6-11)12(2)10(13)7-14-9;1-2/h8-9H,3-7H2,1-2H3;1-2H3. The van der Waals surface area contributed by atoms with Crippen molar-refractivity contribution in [2.24, 2.45) is 0 Å². The molecule has 0 N–H and O–H groups in total. The zero-order chi connectivity index (χ0) is 12.1. The van der Waals surface area contributed by atoms with Crippen LogP contribution in [0.5, 0.6) is 0 Å². The fourth-order valence-corrected chi connectivity index (χ4v) is 2.31. The molecule has 4 nitrogen and oxygen atoms in total. The number of carbonyl (C=O) groups excluding carboxylic acids is 1. The molecule has 2 rings (SSSR count). The highest BCUT2D eigenvalue weighted by atomic mass is 16.5. The van der Waals surface area contributed by atoms with E-state index in [9.17, 15) is 4.79 Å². The van der Waals surface area contributed by atoms with Gasteiger partial charge in [0.1, 0.15) is 6.61 Å². The maximum Gasteiger partial charge on any atom is 0.248 e. The molecule has 0 bridgehead atoms. The summed E-state index contributed by atoms with van der Waals surface area (Å²) in [6.45, 7) is 6.31. The Morgan fingerprint density at radius 3 is 2.69 bits per heavy atom. The quantitative estimate of drug-likeness (QED) is 0.619. The number of likely N-dealkylation sites (N-methyl/N-ethyl adjacent to an activating group) is 2. The minimum Gasteiger partial charge on any atom is -0.366 e. The summed E-state index contributed by atoms with van der Waals surface area (Å²) in [5.41, 5.74) is 0. The summed E-state index contributed by atoms with van der Waals surface area (Å²) in [5, 5.41) is 0. The molecule has 2 aliphatic heterocycles. The van der Waals surface area contributed by atoms with E-state index in [1.54, 1.807) is 0 Å². The minimum atomic E-state index is 0.113. The monoisotopic (exact) mass is 228 g/mol. The van der Waals surface area contributed by atoms with E-state index in [0.717, 1.165) is 19.5 Å².